The van der Waals surface area contributed by atoms with Gasteiger partial charge in [-0.05, 0) is 55.3 Å². The summed E-state index contributed by atoms with van der Waals surface area (Å²) in [5, 5.41) is 6.09. The van der Waals surface area contributed by atoms with E-state index in [4.69, 9.17) is 23.6 Å². The van der Waals surface area contributed by atoms with Gasteiger partial charge in [-0.25, -0.2) is 19.3 Å². The maximum atomic E-state index is 13.7. The third-order valence-corrected chi connectivity index (χ3v) is 7.01. The molecule has 214 valence electrons. The largest absolute Gasteiger partial charge is 0.467 e. The molecule has 1 unspecified atom stereocenters. The van der Waals surface area contributed by atoms with Crippen LogP contribution in [0.4, 0.5) is 10.3 Å². The second-order valence-corrected chi connectivity index (χ2v) is 9.99. The lowest BCUT2D eigenvalue weighted by Crippen LogP contribution is -2.44. The lowest BCUT2D eigenvalue weighted by Gasteiger charge is -2.28. The molecule has 1 aromatic carbocycles. The first-order valence-corrected chi connectivity index (χ1v) is 13.7. The Morgan fingerprint density at radius 2 is 1.93 bits per heavy atom. The van der Waals surface area contributed by atoms with E-state index >= 15 is 0 Å². The van der Waals surface area contributed by atoms with Gasteiger partial charge < -0.3 is 34.2 Å². The predicted molar refractivity (Wildman–Crippen MR) is 146 cm³/mol. The number of halogens is 1. The van der Waals surface area contributed by atoms with E-state index in [1.807, 2.05) is 12.1 Å². The molecule has 6 rings (SSSR count). The van der Waals surface area contributed by atoms with E-state index in [1.165, 1.54) is 12.1 Å². The van der Waals surface area contributed by atoms with Gasteiger partial charge >= 0.3 is 0 Å². The molecule has 2 aliphatic heterocycles. The van der Waals surface area contributed by atoms with Crippen LogP contribution in [0.3, 0.4) is 0 Å². The molecule has 3 aromatic heterocycles. The number of furan rings is 1. The number of rotatable bonds is 10. The van der Waals surface area contributed by atoms with Crippen LogP contribution in [-0.4, -0.2) is 64.6 Å². The number of nitrogens with one attached hydrogen (secondary N) is 3. The lowest BCUT2D eigenvalue weighted by atomic mass is 10.1. The number of ether oxygens (including phenoxy) is 3. The van der Waals surface area contributed by atoms with Crippen LogP contribution in [0.1, 0.15) is 24.4 Å². The van der Waals surface area contributed by atoms with Gasteiger partial charge in [0.1, 0.15) is 17.4 Å². The lowest BCUT2D eigenvalue weighted by molar-refractivity contribution is -0.201. The zero-order chi connectivity index (χ0) is 28.0. The molecule has 0 spiro atoms. The highest BCUT2D eigenvalue weighted by atomic mass is 19.1. The summed E-state index contributed by atoms with van der Waals surface area (Å²) in [6, 6.07) is 11.6. The highest BCUT2D eigenvalue weighted by Crippen LogP contribution is 2.30. The van der Waals surface area contributed by atoms with Gasteiger partial charge in [-0.3, -0.25) is 4.79 Å². The van der Waals surface area contributed by atoms with Gasteiger partial charge in [0.25, 0.3) is 0 Å². The van der Waals surface area contributed by atoms with Gasteiger partial charge in [0.05, 0.1) is 61.5 Å². The molecule has 12 heteroatoms. The minimum Gasteiger partial charge on any atom is -0.467 e. The number of hydrogen-bond acceptors (Lipinski definition) is 9. The van der Waals surface area contributed by atoms with Crippen molar-refractivity contribution in [3.8, 4) is 22.6 Å². The first-order chi connectivity index (χ1) is 20.1. The number of H-pyrrole nitrogens is 1. The summed E-state index contributed by atoms with van der Waals surface area (Å²) in [6.45, 7) is 2.17. The molecule has 1 atom stereocenters. The molecule has 5 heterocycles. The first kappa shape index (κ1) is 27.1. The Bertz CT molecular complexity index is 1430. The second kappa shape index (κ2) is 12.6. The summed E-state index contributed by atoms with van der Waals surface area (Å²) >= 11 is 0. The molecule has 0 aliphatic carbocycles. The standard InChI is InChI=1S/C29H31FN6O5/c30-20-7-5-18(6-8-20)26-27(23-9-10-31-29(34-23)33-15-22-4-2-12-39-22)36-24(35-26)13-25-40-16-19(17-41-25)28(37)32-14-21-3-1-11-38-21/h2,4-10,12,19,21,25H,1,3,11,13-17H2,(H,32,37)(H,35,36)(H,31,33,34). The smallest absolute Gasteiger partial charge is 0.227 e. The van der Waals surface area contributed by atoms with Crippen molar-refractivity contribution in [3.05, 3.63) is 72.3 Å². The SMILES string of the molecule is O=C(NCC1CCCO1)C1COC(Cc2nc(-c3ccc(F)cc3)c(-c3ccnc(NCc4ccco4)n3)[nH]2)OC1. The molecule has 1 amide bonds. The summed E-state index contributed by atoms with van der Waals surface area (Å²) in [7, 11) is 0. The number of carbonyl (C=O) groups excluding carboxylic acids is 1. The fraction of sp³-hybridized carbons (Fsp3) is 0.379. The van der Waals surface area contributed by atoms with E-state index in [2.05, 4.69) is 25.6 Å². The summed E-state index contributed by atoms with van der Waals surface area (Å²) in [5.41, 5.74) is 2.59. The molecular formula is C29H31FN6O5. The Kier molecular flexibility index (Phi) is 8.31. The Hall–Kier alpha value is -4.13. The number of hydrogen-bond donors (Lipinski definition) is 3. The normalized spacial score (nSPS) is 20.7. The third-order valence-electron chi connectivity index (χ3n) is 7.01. The summed E-state index contributed by atoms with van der Waals surface area (Å²) < 4.78 is 36.4. The van der Waals surface area contributed by atoms with Crippen molar-refractivity contribution < 1.29 is 27.8 Å². The molecule has 3 N–H and O–H groups in total. The van der Waals surface area contributed by atoms with E-state index in [0.717, 1.165) is 30.8 Å². The Balaban J connectivity index is 1.14. The summed E-state index contributed by atoms with van der Waals surface area (Å²) in [4.78, 5) is 29.7. The molecule has 2 aliphatic rings. The van der Waals surface area contributed by atoms with Gasteiger partial charge in [0.2, 0.25) is 11.9 Å². The molecule has 41 heavy (non-hydrogen) atoms. The molecule has 0 bridgehead atoms. The van der Waals surface area contributed by atoms with E-state index in [9.17, 15) is 9.18 Å². The van der Waals surface area contributed by atoms with Crippen molar-refractivity contribution >= 4 is 11.9 Å². The average molecular weight is 563 g/mol. The number of benzene rings is 1. The van der Waals surface area contributed by atoms with E-state index in [1.54, 1.807) is 30.7 Å². The monoisotopic (exact) mass is 562 g/mol. The van der Waals surface area contributed by atoms with Crippen molar-refractivity contribution in [1.29, 1.82) is 0 Å². The fourth-order valence-electron chi connectivity index (χ4n) is 4.82. The van der Waals surface area contributed by atoms with Crippen molar-refractivity contribution in [1.82, 2.24) is 25.3 Å². The maximum Gasteiger partial charge on any atom is 0.227 e. The first-order valence-electron chi connectivity index (χ1n) is 13.7. The van der Waals surface area contributed by atoms with Crippen LogP contribution in [0.15, 0.2) is 59.3 Å². The molecule has 2 fully saturated rings. The number of amides is 1. The van der Waals surface area contributed by atoms with Gasteiger partial charge in [0.15, 0.2) is 6.29 Å². The molecular weight excluding hydrogens is 531 g/mol. The second-order valence-electron chi connectivity index (χ2n) is 9.99. The number of anilines is 1. The number of carbonyl (C=O) groups is 1. The van der Waals surface area contributed by atoms with Crippen molar-refractivity contribution in [2.45, 2.75) is 38.2 Å². The van der Waals surface area contributed by atoms with E-state index in [0.29, 0.717) is 48.4 Å². The van der Waals surface area contributed by atoms with Gasteiger partial charge in [-0.2, -0.15) is 0 Å². The van der Waals surface area contributed by atoms with Crippen molar-refractivity contribution in [3.63, 3.8) is 0 Å². The van der Waals surface area contributed by atoms with Crippen molar-refractivity contribution in [2.75, 3.05) is 31.7 Å². The summed E-state index contributed by atoms with van der Waals surface area (Å²) in [5.74, 6) is 0.957. The third kappa shape index (κ3) is 6.79. The highest BCUT2D eigenvalue weighted by Gasteiger charge is 2.29. The summed E-state index contributed by atoms with van der Waals surface area (Å²) in [6.07, 6.45) is 5.08. The van der Waals surface area contributed by atoms with Gasteiger partial charge in [-0.15, -0.1) is 0 Å². The van der Waals surface area contributed by atoms with Gasteiger partial charge in [0, 0.05) is 24.9 Å². The Morgan fingerprint density at radius 3 is 2.68 bits per heavy atom. The van der Waals surface area contributed by atoms with E-state index < -0.39 is 6.29 Å². The molecule has 11 nitrogen and oxygen atoms in total. The van der Waals surface area contributed by atoms with Crippen LogP contribution in [0, 0.1) is 11.7 Å². The number of imidazole rings is 1. The molecule has 2 saturated heterocycles. The van der Waals surface area contributed by atoms with Crippen LogP contribution in [-0.2, 0) is 32.0 Å². The number of aromatic amines is 1. The number of nitrogens with zero attached hydrogens (tertiary/aromatic N) is 3. The van der Waals surface area contributed by atoms with E-state index in [-0.39, 0.29) is 37.0 Å². The minimum atomic E-state index is -0.576. The van der Waals surface area contributed by atoms with Crippen LogP contribution in [0.5, 0.6) is 0 Å². The molecule has 0 radical (unpaired) electrons. The molecule has 0 saturated carbocycles. The minimum absolute atomic E-state index is 0.0818. The number of aromatic nitrogens is 4. The quantitative estimate of drug-likeness (QED) is 0.264. The zero-order valence-electron chi connectivity index (χ0n) is 22.3. The van der Waals surface area contributed by atoms with Crippen LogP contribution < -0.4 is 10.6 Å². The topological polar surface area (TPSA) is 136 Å². The Morgan fingerprint density at radius 1 is 1.07 bits per heavy atom. The average Bonchev–Trinajstić information content (AvgIpc) is 3.79. The van der Waals surface area contributed by atoms with Crippen LogP contribution in [0.2, 0.25) is 0 Å². The predicted octanol–water partition coefficient (Wildman–Crippen LogP) is 3.70. The van der Waals surface area contributed by atoms with Gasteiger partial charge in [-0.1, -0.05) is 0 Å². The van der Waals surface area contributed by atoms with Crippen molar-refractivity contribution in [2.24, 2.45) is 5.92 Å². The zero-order valence-corrected chi connectivity index (χ0v) is 22.3. The maximum absolute atomic E-state index is 13.7. The fourth-order valence-corrected chi connectivity index (χ4v) is 4.82. The van der Waals surface area contributed by atoms with Crippen LogP contribution >= 0.6 is 0 Å². The molecule has 4 aromatic rings. The Labute approximate surface area is 235 Å². The highest BCUT2D eigenvalue weighted by molar-refractivity contribution is 5.79. The van der Waals surface area contributed by atoms with Crippen LogP contribution in [0.25, 0.3) is 22.6 Å².